The van der Waals surface area contributed by atoms with E-state index in [4.69, 9.17) is 0 Å². The van der Waals surface area contributed by atoms with Gasteiger partial charge in [-0.25, -0.2) is 0 Å². The lowest BCUT2D eigenvalue weighted by atomic mass is 10.1. The zero-order chi connectivity index (χ0) is 17.6. The molecule has 0 unspecified atom stereocenters. The normalized spacial score (nSPS) is 16.1. The first-order valence-electron chi connectivity index (χ1n) is 9.61. The average molecular weight is 345 g/mol. The molecule has 4 rings (SSSR count). The molecule has 0 spiro atoms. The predicted octanol–water partition coefficient (Wildman–Crippen LogP) is 6.61. The van der Waals surface area contributed by atoms with Crippen molar-refractivity contribution in [1.29, 1.82) is 0 Å². The Balaban J connectivity index is 1.84. The Bertz CT molecular complexity index is 794. The molecule has 0 heterocycles. The van der Waals surface area contributed by atoms with E-state index in [1.54, 1.807) is 10.4 Å². The Kier molecular flexibility index (Phi) is 4.08. The molecule has 0 amide bonds. The summed E-state index contributed by atoms with van der Waals surface area (Å²) in [6.45, 7) is 9.89. The second-order valence-electron chi connectivity index (χ2n) is 8.27. The van der Waals surface area contributed by atoms with Crippen LogP contribution >= 0.6 is 0 Å². The van der Waals surface area contributed by atoms with Crippen LogP contribution in [0.4, 0.5) is 0 Å². The molecular formula is C24H28Si. The third-order valence-corrected chi connectivity index (χ3v) is 12.8. The fraction of sp³-hybridized carbons (Fsp3) is 0.333. The van der Waals surface area contributed by atoms with Crippen LogP contribution < -0.4 is 0 Å². The minimum absolute atomic E-state index is 0.716. The highest BCUT2D eigenvalue weighted by molar-refractivity contribution is 6.96. The van der Waals surface area contributed by atoms with E-state index in [1.165, 1.54) is 22.3 Å². The van der Waals surface area contributed by atoms with Crippen molar-refractivity contribution >= 4 is 20.2 Å². The first-order chi connectivity index (χ1) is 12.0. The van der Waals surface area contributed by atoms with Gasteiger partial charge in [-0.2, -0.15) is 0 Å². The maximum Gasteiger partial charge on any atom is 0.114 e. The van der Waals surface area contributed by atoms with Crippen molar-refractivity contribution in [2.24, 2.45) is 0 Å². The standard InChI is InChI=1S/C24H28Si/c1-17(2)25(18(3)4,23-13-19-9-5-6-10-20(19)14-23)24-15-21-11-7-8-12-22(21)16-24/h5-13,15,17-18H,14,16H2,1-4H3. The summed E-state index contributed by atoms with van der Waals surface area (Å²) in [5, 5.41) is 3.50. The van der Waals surface area contributed by atoms with E-state index in [-0.39, 0.29) is 0 Å². The predicted molar refractivity (Wildman–Crippen MR) is 112 cm³/mol. The summed E-state index contributed by atoms with van der Waals surface area (Å²) in [7, 11) is -1.76. The van der Waals surface area contributed by atoms with Crippen molar-refractivity contribution in [3.05, 3.63) is 81.2 Å². The average Bonchev–Trinajstić information content (AvgIpc) is 3.18. The Morgan fingerprint density at radius 3 is 1.40 bits per heavy atom. The highest BCUT2D eigenvalue weighted by atomic mass is 28.3. The van der Waals surface area contributed by atoms with Crippen molar-refractivity contribution in [2.45, 2.75) is 51.6 Å². The minimum atomic E-state index is -1.76. The van der Waals surface area contributed by atoms with Crippen molar-refractivity contribution in [3.63, 3.8) is 0 Å². The molecule has 0 radical (unpaired) electrons. The van der Waals surface area contributed by atoms with Crippen LogP contribution in [0.5, 0.6) is 0 Å². The Morgan fingerprint density at radius 1 is 0.640 bits per heavy atom. The monoisotopic (exact) mass is 344 g/mol. The van der Waals surface area contributed by atoms with E-state index in [0.29, 0.717) is 11.1 Å². The lowest BCUT2D eigenvalue weighted by molar-refractivity contribution is 0.896. The lowest BCUT2D eigenvalue weighted by Crippen LogP contribution is -2.46. The molecule has 0 N–H and O–H groups in total. The van der Waals surface area contributed by atoms with E-state index < -0.39 is 8.07 Å². The second-order valence-corrected chi connectivity index (χ2v) is 13.6. The summed E-state index contributed by atoms with van der Waals surface area (Å²) in [5.74, 6) is 0. The molecule has 0 aliphatic heterocycles. The minimum Gasteiger partial charge on any atom is -0.0704 e. The number of hydrogen-bond donors (Lipinski definition) is 0. The van der Waals surface area contributed by atoms with E-state index >= 15 is 0 Å². The summed E-state index contributed by atoms with van der Waals surface area (Å²) < 4.78 is 0. The summed E-state index contributed by atoms with van der Waals surface area (Å²) in [4.78, 5) is 0. The first-order valence-corrected chi connectivity index (χ1v) is 11.8. The summed E-state index contributed by atoms with van der Waals surface area (Å²) in [5.41, 5.74) is 7.37. The SMILES string of the molecule is CC(C)[Si](C1=Cc2ccccc2C1)(C1=Cc2ccccc2C1)C(C)C. The maximum atomic E-state index is 2.55. The van der Waals surface area contributed by atoms with Gasteiger partial charge in [-0.1, -0.05) is 98.8 Å². The Hall–Kier alpha value is -1.86. The van der Waals surface area contributed by atoms with Crippen LogP contribution in [0.1, 0.15) is 49.9 Å². The fourth-order valence-electron chi connectivity index (χ4n) is 5.45. The Labute approximate surface area is 153 Å². The molecule has 0 fully saturated rings. The van der Waals surface area contributed by atoms with Crippen molar-refractivity contribution in [2.75, 3.05) is 0 Å². The van der Waals surface area contributed by atoms with Crippen molar-refractivity contribution < 1.29 is 0 Å². The quantitative estimate of drug-likeness (QED) is 0.547. The zero-order valence-corrected chi connectivity index (χ0v) is 16.8. The molecule has 2 aliphatic rings. The molecule has 1 heteroatoms. The number of benzene rings is 2. The molecule has 128 valence electrons. The summed E-state index contributed by atoms with van der Waals surface area (Å²) in [6, 6.07) is 17.9. The molecule has 25 heavy (non-hydrogen) atoms. The smallest absolute Gasteiger partial charge is 0.0704 e. The van der Waals surface area contributed by atoms with Gasteiger partial charge in [0.15, 0.2) is 0 Å². The first kappa shape index (κ1) is 16.6. The van der Waals surface area contributed by atoms with Crippen LogP contribution in [0.25, 0.3) is 12.2 Å². The summed E-state index contributed by atoms with van der Waals surface area (Å²) >= 11 is 0. The molecule has 0 nitrogen and oxygen atoms in total. The molecule has 0 saturated heterocycles. The van der Waals surface area contributed by atoms with Gasteiger partial charge in [0.25, 0.3) is 0 Å². The van der Waals surface area contributed by atoms with Crippen LogP contribution in [0, 0.1) is 0 Å². The third kappa shape index (κ3) is 2.48. The van der Waals surface area contributed by atoms with Crippen LogP contribution in [0.3, 0.4) is 0 Å². The molecule has 2 aromatic rings. The third-order valence-electron chi connectivity index (χ3n) is 6.42. The van der Waals surface area contributed by atoms with Gasteiger partial charge >= 0.3 is 0 Å². The summed E-state index contributed by atoms with van der Waals surface area (Å²) in [6.07, 6.45) is 7.41. The molecular weight excluding hydrogens is 316 g/mol. The largest absolute Gasteiger partial charge is 0.114 e. The molecule has 0 aromatic heterocycles. The van der Waals surface area contributed by atoms with Crippen LogP contribution in [0.15, 0.2) is 58.9 Å². The van der Waals surface area contributed by atoms with Gasteiger partial charge in [-0.15, -0.1) is 0 Å². The molecule has 0 bridgehead atoms. The lowest BCUT2D eigenvalue weighted by Gasteiger charge is -2.42. The van der Waals surface area contributed by atoms with Crippen LogP contribution in [-0.2, 0) is 12.8 Å². The van der Waals surface area contributed by atoms with Gasteiger partial charge in [0.05, 0.1) is 0 Å². The van der Waals surface area contributed by atoms with E-state index in [2.05, 4.69) is 88.4 Å². The van der Waals surface area contributed by atoms with Crippen molar-refractivity contribution in [3.8, 4) is 0 Å². The maximum absolute atomic E-state index is 2.55. The van der Waals surface area contributed by atoms with Gasteiger partial charge < -0.3 is 0 Å². The van der Waals surface area contributed by atoms with Gasteiger partial charge in [0.2, 0.25) is 0 Å². The number of allylic oxidation sites excluding steroid dienone is 2. The number of hydrogen-bond acceptors (Lipinski definition) is 0. The van der Waals surface area contributed by atoms with Crippen molar-refractivity contribution in [1.82, 2.24) is 0 Å². The highest BCUT2D eigenvalue weighted by Crippen LogP contribution is 2.50. The van der Waals surface area contributed by atoms with E-state index in [9.17, 15) is 0 Å². The zero-order valence-electron chi connectivity index (χ0n) is 15.8. The highest BCUT2D eigenvalue weighted by Gasteiger charge is 2.48. The molecule has 0 atom stereocenters. The van der Waals surface area contributed by atoms with Gasteiger partial charge in [-0.3, -0.25) is 0 Å². The second kappa shape index (κ2) is 6.14. The molecule has 2 aromatic carbocycles. The molecule has 0 saturated carbocycles. The van der Waals surface area contributed by atoms with Gasteiger partial charge in [-0.05, 0) is 46.2 Å². The number of fused-ring (bicyclic) bond motifs is 2. The van der Waals surface area contributed by atoms with E-state index in [1.807, 2.05) is 0 Å². The molecule has 2 aliphatic carbocycles. The van der Waals surface area contributed by atoms with Crippen LogP contribution in [-0.4, -0.2) is 8.07 Å². The fourth-order valence-corrected chi connectivity index (χ4v) is 11.9. The van der Waals surface area contributed by atoms with Gasteiger partial charge in [0.1, 0.15) is 8.07 Å². The van der Waals surface area contributed by atoms with Crippen LogP contribution in [0.2, 0.25) is 11.1 Å². The Morgan fingerprint density at radius 2 is 1.04 bits per heavy atom. The van der Waals surface area contributed by atoms with E-state index in [0.717, 1.165) is 12.8 Å². The number of rotatable bonds is 4. The van der Waals surface area contributed by atoms with Gasteiger partial charge in [0, 0.05) is 0 Å². The topological polar surface area (TPSA) is 0 Å².